The van der Waals surface area contributed by atoms with Crippen molar-refractivity contribution in [2.45, 2.75) is 19.4 Å². The Morgan fingerprint density at radius 2 is 2.00 bits per heavy atom. The quantitative estimate of drug-likeness (QED) is 0.870. The van der Waals surface area contributed by atoms with Gasteiger partial charge in [-0.25, -0.2) is 8.78 Å². The van der Waals surface area contributed by atoms with Gasteiger partial charge >= 0.3 is 0 Å². The molecule has 1 aliphatic heterocycles. The number of nitrogens with two attached hydrogens (primary N) is 1. The van der Waals surface area contributed by atoms with E-state index < -0.39 is 11.6 Å². The van der Waals surface area contributed by atoms with Crippen LogP contribution in [0.5, 0.6) is 0 Å². The van der Waals surface area contributed by atoms with Gasteiger partial charge in [0.15, 0.2) is 0 Å². The van der Waals surface area contributed by atoms with Gasteiger partial charge < -0.3 is 15.4 Å². The second kappa shape index (κ2) is 6.01. The fourth-order valence-corrected chi connectivity index (χ4v) is 2.67. The van der Waals surface area contributed by atoms with Gasteiger partial charge in [-0.15, -0.1) is 0 Å². The summed E-state index contributed by atoms with van der Waals surface area (Å²) < 4.78 is 33.7. The van der Waals surface area contributed by atoms with Crippen LogP contribution in [0.3, 0.4) is 0 Å². The number of ether oxygens (including phenoxy) is 1. The molecule has 0 radical (unpaired) electrons. The van der Waals surface area contributed by atoms with E-state index in [9.17, 15) is 8.78 Å². The van der Waals surface area contributed by atoms with E-state index in [1.165, 1.54) is 12.1 Å². The van der Waals surface area contributed by atoms with Gasteiger partial charge in [-0.3, -0.25) is 0 Å². The first-order valence-electron chi connectivity index (χ1n) is 6.50. The summed E-state index contributed by atoms with van der Waals surface area (Å²) in [6.45, 7) is 3.15. The van der Waals surface area contributed by atoms with Crippen molar-refractivity contribution >= 4 is 22.9 Å². The normalized spacial score (nSPS) is 22.9. The Morgan fingerprint density at radius 1 is 1.40 bits per heavy atom. The first kappa shape index (κ1) is 15.1. The van der Waals surface area contributed by atoms with E-state index in [4.69, 9.17) is 22.7 Å². The SMILES string of the molecule is COC1CN(c2c(F)cc(C(N)=S)cc2F)CCC1C. The molecule has 0 aromatic heterocycles. The highest BCUT2D eigenvalue weighted by Gasteiger charge is 2.29. The minimum Gasteiger partial charge on any atom is -0.389 e. The molecule has 2 unspecified atom stereocenters. The number of methoxy groups -OCH3 is 1. The Morgan fingerprint density at radius 3 is 2.50 bits per heavy atom. The van der Waals surface area contributed by atoms with Crippen molar-refractivity contribution in [3.05, 3.63) is 29.3 Å². The Hall–Kier alpha value is -1.27. The highest BCUT2D eigenvalue weighted by Crippen LogP contribution is 2.30. The molecule has 1 aromatic carbocycles. The number of hydrogen-bond acceptors (Lipinski definition) is 3. The summed E-state index contributed by atoms with van der Waals surface area (Å²) in [7, 11) is 1.62. The minimum atomic E-state index is -0.641. The standard InChI is InChI=1S/C14H18F2N2OS/c1-8-3-4-18(7-12(8)19-2)13-10(15)5-9(14(17)20)6-11(13)16/h5-6,8,12H,3-4,7H2,1-2H3,(H2,17,20). The molecular formula is C14H18F2N2OS. The first-order valence-corrected chi connectivity index (χ1v) is 6.91. The summed E-state index contributed by atoms with van der Waals surface area (Å²) in [5.74, 6) is -0.910. The molecule has 2 N–H and O–H groups in total. The average Bonchev–Trinajstić information content (AvgIpc) is 2.39. The maximum atomic E-state index is 14.1. The van der Waals surface area contributed by atoms with E-state index in [-0.39, 0.29) is 22.3 Å². The summed E-state index contributed by atoms with van der Waals surface area (Å²) in [4.78, 5) is 1.67. The molecule has 1 saturated heterocycles. The first-order chi connectivity index (χ1) is 9.43. The van der Waals surface area contributed by atoms with Crippen molar-refractivity contribution in [1.82, 2.24) is 0 Å². The van der Waals surface area contributed by atoms with E-state index in [1.54, 1.807) is 12.0 Å². The third-order valence-electron chi connectivity index (χ3n) is 3.81. The van der Waals surface area contributed by atoms with Crippen LogP contribution in [0.2, 0.25) is 0 Å². The zero-order valence-corrected chi connectivity index (χ0v) is 12.3. The number of nitrogens with zero attached hydrogens (tertiary/aromatic N) is 1. The summed E-state index contributed by atoms with van der Waals surface area (Å²) in [5, 5.41) is 0. The molecule has 20 heavy (non-hydrogen) atoms. The lowest BCUT2D eigenvalue weighted by atomic mass is 9.95. The van der Waals surface area contributed by atoms with E-state index >= 15 is 0 Å². The molecule has 3 nitrogen and oxygen atoms in total. The van der Waals surface area contributed by atoms with E-state index in [0.717, 1.165) is 6.42 Å². The second-order valence-electron chi connectivity index (χ2n) is 5.14. The van der Waals surface area contributed by atoms with Crippen molar-refractivity contribution < 1.29 is 13.5 Å². The number of hydrogen-bond donors (Lipinski definition) is 1. The van der Waals surface area contributed by atoms with Gasteiger partial charge in [0.2, 0.25) is 0 Å². The van der Waals surface area contributed by atoms with Crippen molar-refractivity contribution in [1.29, 1.82) is 0 Å². The van der Waals surface area contributed by atoms with E-state index in [2.05, 4.69) is 6.92 Å². The van der Waals surface area contributed by atoms with Crippen LogP contribution in [0.15, 0.2) is 12.1 Å². The van der Waals surface area contributed by atoms with Crippen LogP contribution in [0.25, 0.3) is 0 Å². The summed E-state index contributed by atoms with van der Waals surface area (Å²) in [5.41, 5.74) is 5.58. The predicted molar refractivity (Wildman–Crippen MR) is 79.0 cm³/mol. The molecule has 110 valence electrons. The molecular weight excluding hydrogens is 282 g/mol. The fourth-order valence-electron chi connectivity index (χ4n) is 2.55. The fraction of sp³-hybridized carbons (Fsp3) is 0.500. The molecule has 0 amide bonds. The topological polar surface area (TPSA) is 38.5 Å². The highest BCUT2D eigenvalue weighted by molar-refractivity contribution is 7.80. The maximum absolute atomic E-state index is 14.1. The Labute approximate surface area is 122 Å². The molecule has 0 spiro atoms. The smallest absolute Gasteiger partial charge is 0.150 e. The van der Waals surface area contributed by atoms with Crippen LogP contribution in [0, 0.1) is 17.6 Å². The molecule has 1 heterocycles. The molecule has 0 saturated carbocycles. The zero-order chi connectivity index (χ0) is 14.9. The van der Waals surface area contributed by atoms with Gasteiger partial charge in [-0.2, -0.15) is 0 Å². The third-order valence-corrected chi connectivity index (χ3v) is 4.05. The van der Waals surface area contributed by atoms with Crippen LogP contribution in [0.1, 0.15) is 18.9 Å². The largest absolute Gasteiger partial charge is 0.389 e. The molecule has 1 fully saturated rings. The van der Waals surface area contributed by atoms with Crippen molar-refractivity contribution in [3.63, 3.8) is 0 Å². The van der Waals surface area contributed by atoms with E-state index in [0.29, 0.717) is 19.0 Å². The van der Waals surface area contributed by atoms with Crippen LogP contribution in [-0.4, -0.2) is 31.3 Å². The molecule has 0 bridgehead atoms. The number of anilines is 1. The van der Waals surface area contributed by atoms with Crippen molar-refractivity contribution in [3.8, 4) is 0 Å². The lowest BCUT2D eigenvalue weighted by Crippen LogP contribution is -2.44. The van der Waals surface area contributed by atoms with Gasteiger partial charge in [0.05, 0.1) is 6.10 Å². The van der Waals surface area contributed by atoms with E-state index in [1.807, 2.05) is 0 Å². The number of benzene rings is 1. The van der Waals surface area contributed by atoms with Gasteiger partial charge in [-0.1, -0.05) is 19.1 Å². The molecule has 0 aliphatic carbocycles. The predicted octanol–water partition coefficient (Wildman–Crippen LogP) is 2.46. The number of rotatable bonds is 3. The van der Waals surface area contributed by atoms with Crippen LogP contribution in [-0.2, 0) is 4.74 Å². The maximum Gasteiger partial charge on any atom is 0.150 e. The average molecular weight is 300 g/mol. The lowest BCUT2D eigenvalue weighted by molar-refractivity contribution is 0.0495. The Bertz CT molecular complexity index is 501. The molecule has 1 aromatic rings. The molecule has 6 heteroatoms. The van der Waals surface area contributed by atoms with Crippen molar-refractivity contribution in [2.24, 2.45) is 11.7 Å². The Balaban J connectivity index is 2.31. The summed E-state index contributed by atoms with van der Waals surface area (Å²) in [6.07, 6.45) is 0.798. The zero-order valence-electron chi connectivity index (χ0n) is 11.5. The van der Waals surface area contributed by atoms with Gasteiger partial charge in [0, 0.05) is 25.8 Å². The van der Waals surface area contributed by atoms with Crippen LogP contribution < -0.4 is 10.6 Å². The van der Waals surface area contributed by atoms with Crippen LogP contribution in [0.4, 0.5) is 14.5 Å². The van der Waals surface area contributed by atoms with Gasteiger partial charge in [-0.05, 0) is 24.5 Å². The number of thiocarbonyl (C=S) groups is 1. The minimum absolute atomic E-state index is 0.0172. The monoisotopic (exact) mass is 300 g/mol. The molecule has 2 rings (SSSR count). The number of halogens is 2. The summed E-state index contributed by atoms with van der Waals surface area (Å²) >= 11 is 4.74. The highest BCUT2D eigenvalue weighted by atomic mass is 32.1. The second-order valence-corrected chi connectivity index (χ2v) is 5.58. The number of piperidine rings is 1. The summed E-state index contributed by atoms with van der Waals surface area (Å²) in [6, 6.07) is 2.36. The Kier molecular flexibility index (Phi) is 4.55. The van der Waals surface area contributed by atoms with Crippen LogP contribution >= 0.6 is 12.2 Å². The lowest BCUT2D eigenvalue weighted by Gasteiger charge is -2.37. The van der Waals surface area contributed by atoms with Gasteiger partial charge in [0.25, 0.3) is 0 Å². The third kappa shape index (κ3) is 2.91. The van der Waals surface area contributed by atoms with Crippen molar-refractivity contribution in [2.75, 3.05) is 25.1 Å². The molecule has 2 atom stereocenters. The molecule has 1 aliphatic rings. The van der Waals surface area contributed by atoms with Gasteiger partial charge in [0.1, 0.15) is 22.3 Å².